The molecule has 2 N–H and O–H groups in total. The van der Waals surface area contributed by atoms with Crippen LogP contribution in [0.25, 0.3) is 0 Å². The zero-order valence-electron chi connectivity index (χ0n) is 16.3. The van der Waals surface area contributed by atoms with Crippen LogP contribution >= 0.6 is 0 Å². The minimum absolute atomic E-state index is 0.130. The molecular weight excluding hydrogens is 326 g/mol. The van der Waals surface area contributed by atoms with Crippen LogP contribution < -0.4 is 10.6 Å². The van der Waals surface area contributed by atoms with Gasteiger partial charge in [0.05, 0.1) is 0 Å². The van der Waals surface area contributed by atoms with Crippen molar-refractivity contribution in [3.05, 3.63) is 48.6 Å². The zero-order chi connectivity index (χ0) is 19.4. The first-order valence-electron chi connectivity index (χ1n) is 9.14. The van der Waals surface area contributed by atoms with Gasteiger partial charge in [-0.3, -0.25) is 14.5 Å². The number of hydrogen-bond acceptors (Lipinski definition) is 3. The Balaban J connectivity index is 2.30. The topological polar surface area (TPSA) is 61.4 Å². The maximum absolute atomic E-state index is 13.1. The van der Waals surface area contributed by atoms with E-state index in [2.05, 4.69) is 34.2 Å². The Morgan fingerprint density at radius 3 is 2.50 bits per heavy atom. The number of carbonyl (C=O) groups is 2. The van der Waals surface area contributed by atoms with E-state index < -0.39 is 5.54 Å². The van der Waals surface area contributed by atoms with Gasteiger partial charge in [0.1, 0.15) is 5.54 Å². The van der Waals surface area contributed by atoms with Gasteiger partial charge in [0.25, 0.3) is 0 Å². The normalized spacial score (nSPS) is 23.9. The molecule has 0 spiro atoms. The summed E-state index contributed by atoms with van der Waals surface area (Å²) >= 11 is 0. The van der Waals surface area contributed by atoms with E-state index in [1.54, 1.807) is 0 Å². The number of benzene rings is 1. The fourth-order valence-corrected chi connectivity index (χ4v) is 3.58. The van der Waals surface area contributed by atoms with Crippen LogP contribution in [0.2, 0.25) is 0 Å². The number of rotatable bonds is 5. The molecule has 0 unspecified atom stereocenters. The molecule has 0 aliphatic carbocycles. The van der Waals surface area contributed by atoms with Crippen molar-refractivity contribution < 1.29 is 9.59 Å². The summed E-state index contributed by atoms with van der Waals surface area (Å²) in [4.78, 5) is 27.3. The minimum Gasteiger partial charge on any atom is -0.349 e. The first kappa shape index (κ1) is 20.2. The molecule has 0 aromatic heterocycles. The standard InChI is InChI=1S/C21H31N3O2/c1-6-17-12-21(22-16(2)25,19(26)23-20(3,4)5)15-24(13-17)14-18-10-8-7-9-11-18/h6-11,17H,1,12-15H2,2-5H3,(H,22,25)(H,23,26)/t17-,21+/m1/s1. The minimum atomic E-state index is -0.953. The molecule has 5 nitrogen and oxygen atoms in total. The summed E-state index contributed by atoms with van der Waals surface area (Å²) in [6, 6.07) is 10.2. The van der Waals surface area contributed by atoms with Gasteiger partial charge < -0.3 is 10.6 Å². The van der Waals surface area contributed by atoms with E-state index in [4.69, 9.17) is 0 Å². The van der Waals surface area contributed by atoms with Crippen LogP contribution in [0.1, 0.15) is 39.7 Å². The summed E-state index contributed by atoms with van der Waals surface area (Å²) in [5.74, 6) is -0.201. The van der Waals surface area contributed by atoms with E-state index in [-0.39, 0.29) is 23.3 Å². The van der Waals surface area contributed by atoms with Crippen molar-refractivity contribution in [2.75, 3.05) is 13.1 Å². The summed E-state index contributed by atoms with van der Waals surface area (Å²) in [5.41, 5.74) is -0.135. The van der Waals surface area contributed by atoms with Gasteiger partial charge >= 0.3 is 0 Å². The van der Waals surface area contributed by atoms with Crippen molar-refractivity contribution >= 4 is 11.8 Å². The van der Waals surface area contributed by atoms with Gasteiger partial charge in [-0.05, 0) is 38.7 Å². The van der Waals surface area contributed by atoms with Gasteiger partial charge in [-0.25, -0.2) is 0 Å². The maximum Gasteiger partial charge on any atom is 0.247 e. The second-order valence-electron chi connectivity index (χ2n) is 8.32. The lowest BCUT2D eigenvalue weighted by Crippen LogP contribution is -2.68. The smallest absolute Gasteiger partial charge is 0.247 e. The van der Waals surface area contributed by atoms with Crippen molar-refractivity contribution in [2.24, 2.45) is 5.92 Å². The van der Waals surface area contributed by atoms with Gasteiger partial charge in [0.15, 0.2) is 0 Å². The molecule has 2 amide bonds. The van der Waals surface area contributed by atoms with Gasteiger partial charge in [-0.1, -0.05) is 36.4 Å². The lowest BCUT2D eigenvalue weighted by molar-refractivity contribution is -0.137. The monoisotopic (exact) mass is 357 g/mol. The molecule has 1 aromatic rings. The summed E-state index contributed by atoms with van der Waals surface area (Å²) in [7, 11) is 0. The molecule has 1 aliphatic heterocycles. The Bertz CT molecular complexity index is 651. The summed E-state index contributed by atoms with van der Waals surface area (Å²) in [5, 5.41) is 6.01. The van der Waals surface area contributed by atoms with Crippen LogP contribution in [0.5, 0.6) is 0 Å². The average molecular weight is 357 g/mol. The Morgan fingerprint density at radius 1 is 1.31 bits per heavy atom. The molecule has 0 bridgehead atoms. The van der Waals surface area contributed by atoms with Crippen LogP contribution in [0.15, 0.2) is 43.0 Å². The molecule has 5 heteroatoms. The predicted octanol–water partition coefficient (Wildman–Crippen LogP) is 2.48. The Labute approximate surface area is 156 Å². The van der Waals surface area contributed by atoms with Crippen LogP contribution in [-0.4, -0.2) is 40.9 Å². The third-order valence-corrected chi connectivity index (χ3v) is 4.52. The second kappa shape index (κ2) is 8.04. The molecule has 1 fully saturated rings. The van der Waals surface area contributed by atoms with Crippen LogP contribution in [0.4, 0.5) is 0 Å². The first-order valence-corrected chi connectivity index (χ1v) is 9.14. The fourth-order valence-electron chi connectivity index (χ4n) is 3.58. The third kappa shape index (κ3) is 5.43. The lowest BCUT2D eigenvalue weighted by atomic mass is 9.80. The lowest BCUT2D eigenvalue weighted by Gasteiger charge is -2.45. The molecule has 0 saturated carbocycles. The van der Waals surface area contributed by atoms with Crippen molar-refractivity contribution in [1.29, 1.82) is 0 Å². The third-order valence-electron chi connectivity index (χ3n) is 4.52. The van der Waals surface area contributed by atoms with Gasteiger partial charge in [0, 0.05) is 32.1 Å². The molecule has 142 valence electrons. The number of nitrogens with zero attached hydrogens (tertiary/aromatic N) is 1. The molecule has 1 saturated heterocycles. The molecule has 1 aliphatic rings. The van der Waals surface area contributed by atoms with Gasteiger partial charge in [0.2, 0.25) is 11.8 Å². The SMILES string of the molecule is C=C[C@H]1CN(Cc2ccccc2)C[C@](NC(C)=O)(C(=O)NC(C)(C)C)C1. The summed E-state index contributed by atoms with van der Waals surface area (Å²) < 4.78 is 0. The number of amides is 2. The molecule has 1 aromatic carbocycles. The largest absolute Gasteiger partial charge is 0.349 e. The number of likely N-dealkylation sites (tertiary alicyclic amines) is 1. The van der Waals surface area contributed by atoms with Crippen molar-refractivity contribution in [3.8, 4) is 0 Å². The molecule has 0 radical (unpaired) electrons. The number of hydrogen-bond donors (Lipinski definition) is 2. The van der Waals surface area contributed by atoms with Crippen molar-refractivity contribution in [3.63, 3.8) is 0 Å². The molecule has 2 rings (SSSR count). The Hall–Kier alpha value is -2.14. The Morgan fingerprint density at radius 2 is 1.96 bits per heavy atom. The maximum atomic E-state index is 13.1. The van der Waals surface area contributed by atoms with E-state index in [1.807, 2.05) is 45.0 Å². The highest BCUT2D eigenvalue weighted by Gasteiger charge is 2.46. The molecule has 1 heterocycles. The van der Waals surface area contributed by atoms with Crippen molar-refractivity contribution in [1.82, 2.24) is 15.5 Å². The van der Waals surface area contributed by atoms with Gasteiger partial charge in [-0.15, -0.1) is 6.58 Å². The Kier molecular flexibility index (Phi) is 6.24. The molecular formula is C21H31N3O2. The summed E-state index contributed by atoms with van der Waals surface area (Å²) in [6.07, 6.45) is 2.45. The first-order chi connectivity index (χ1) is 12.1. The average Bonchev–Trinajstić information content (AvgIpc) is 2.53. The highest BCUT2D eigenvalue weighted by molar-refractivity contribution is 5.91. The van der Waals surface area contributed by atoms with Crippen LogP contribution in [0, 0.1) is 5.92 Å². The van der Waals surface area contributed by atoms with E-state index in [0.717, 1.165) is 13.1 Å². The van der Waals surface area contributed by atoms with E-state index >= 15 is 0 Å². The molecule has 2 atom stereocenters. The fraction of sp³-hybridized carbons (Fsp3) is 0.524. The van der Waals surface area contributed by atoms with E-state index in [9.17, 15) is 9.59 Å². The van der Waals surface area contributed by atoms with Crippen molar-refractivity contribution in [2.45, 2.75) is 51.7 Å². The second-order valence-corrected chi connectivity index (χ2v) is 8.32. The molecule has 26 heavy (non-hydrogen) atoms. The number of piperidine rings is 1. The van der Waals surface area contributed by atoms with Crippen LogP contribution in [0.3, 0.4) is 0 Å². The van der Waals surface area contributed by atoms with Crippen LogP contribution in [-0.2, 0) is 16.1 Å². The highest BCUT2D eigenvalue weighted by atomic mass is 16.2. The predicted molar refractivity (Wildman–Crippen MR) is 104 cm³/mol. The zero-order valence-corrected chi connectivity index (χ0v) is 16.3. The quantitative estimate of drug-likeness (QED) is 0.796. The summed E-state index contributed by atoms with van der Waals surface area (Å²) in [6.45, 7) is 13.3. The highest BCUT2D eigenvalue weighted by Crippen LogP contribution is 2.29. The van der Waals surface area contributed by atoms with E-state index in [0.29, 0.717) is 13.0 Å². The number of carbonyl (C=O) groups excluding carboxylic acids is 2. The number of nitrogens with one attached hydrogen (secondary N) is 2. The van der Waals surface area contributed by atoms with Gasteiger partial charge in [-0.2, -0.15) is 0 Å². The van der Waals surface area contributed by atoms with E-state index in [1.165, 1.54) is 12.5 Å².